The Morgan fingerprint density at radius 1 is 0.619 bits per heavy atom. The van der Waals surface area contributed by atoms with Gasteiger partial charge in [-0.15, -0.1) is 0 Å². The Kier molecular flexibility index (Phi) is 18.9. The van der Waals surface area contributed by atoms with Gasteiger partial charge < -0.3 is 0 Å². The molecule has 0 aliphatic heterocycles. The first-order chi connectivity index (χ1) is 10.4. The second-order valence-electron chi connectivity index (χ2n) is 6.19. The molecule has 0 unspecified atom stereocenters. The van der Waals surface area contributed by atoms with Crippen LogP contribution in [0.3, 0.4) is 0 Å². The molecule has 21 heavy (non-hydrogen) atoms. The third kappa shape index (κ3) is 19.4. The van der Waals surface area contributed by atoms with Crippen LogP contribution in [-0.2, 0) is 4.79 Å². The van der Waals surface area contributed by atoms with E-state index in [0.717, 1.165) is 6.42 Å². The molecule has 0 aliphatic rings. The van der Waals surface area contributed by atoms with Crippen molar-refractivity contribution in [2.45, 2.75) is 110 Å². The lowest BCUT2D eigenvalue weighted by Crippen LogP contribution is -1.81. The predicted molar refractivity (Wildman–Crippen MR) is 94.4 cm³/mol. The van der Waals surface area contributed by atoms with Gasteiger partial charge in [-0.1, -0.05) is 83.3 Å². The molecule has 0 aromatic carbocycles. The number of unbranched alkanes of at least 4 members (excludes halogenated alkanes) is 14. The van der Waals surface area contributed by atoms with Crippen molar-refractivity contribution in [3.05, 3.63) is 12.2 Å². The van der Waals surface area contributed by atoms with Crippen LogP contribution in [0.1, 0.15) is 110 Å². The maximum absolute atomic E-state index is 10.0. The van der Waals surface area contributed by atoms with E-state index in [2.05, 4.69) is 19.1 Å². The van der Waals surface area contributed by atoms with Crippen molar-refractivity contribution in [1.29, 1.82) is 0 Å². The Balaban J connectivity index is 3.03. The van der Waals surface area contributed by atoms with Gasteiger partial charge in [0, 0.05) is 6.42 Å². The zero-order valence-corrected chi connectivity index (χ0v) is 14.4. The minimum Gasteiger partial charge on any atom is -0.291 e. The maximum Gasteiger partial charge on any atom is 0.198 e. The largest absolute Gasteiger partial charge is 0.291 e. The highest BCUT2D eigenvalue weighted by Crippen LogP contribution is 2.10. The van der Waals surface area contributed by atoms with E-state index in [1.165, 1.54) is 89.9 Å². The summed E-state index contributed by atoms with van der Waals surface area (Å²) in [5.41, 5.74) is 0. The molecule has 0 amide bonds. The smallest absolute Gasteiger partial charge is 0.198 e. The molecule has 0 saturated heterocycles. The fourth-order valence-corrected chi connectivity index (χ4v) is 2.62. The Morgan fingerprint density at radius 3 is 1.52 bits per heavy atom. The summed E-state index contributed by atoms with van der Waals surface area (Å²) >= 11 is 0. The van der Waals surface area contributed by atoms with E-state index in [1.54, 1.807) is 0 Å². The fraction of sp³-hybridized carbons (Fsp3) is 0.850. The lowest BCUT2D eigenvalue weighted by molar-refractivity contribution is 0.542. The van der Waals surface area contributed by atoms with E-state index in [4.69, 9.17) is 0 Å². The summed E-state index contributed by atoms with van der Waals surface area (Å²) < 4.78 is 0. The van der Waals surface area contributed by atoms with Gasteiger partial charge in [0.2, 0.25) is 0 Å². The molecule has 1 nitrogen and oxygen atoms in total. The number of hydrogen-bond acceptors (Lipinski definition) is 1. The van der Waals surface area contributed by atoms with Gasteiger partial charge in [-0.05, 0) is 32.1 Å². The highest BCUT2D eigenvalue weighted by molar-refractivity contribution is 5.50. The van der Waals surface area contributed by atoms with E-state index in [-0.39, 0.29) is 0 Å². The molecule has 0 fully saturated rings. The first-order valence-electron chi connectivity index (χ1n) is 9.41. The molecule has 1 radical (unpaired) electrons. The number of rotatable bonds is 17. The molecular weight excluding hydrogens is 256 g/mol. The van der Waals surface area contributed by atoms with Gasteiger partial charge in [-0.25, -0.2) is 0 Å². The summed E-state index contributed by atoms with van der Waals surface area (Å²) in [7, 11) is 0. The average molecular weight is 294 g/mol. The van der Waals surface area contributed by atoms with Crippen molar-refractivity contribution in [2.24, 2.45) is 0 Å². The van der Waals surface area contributed by atoms with Gasteiger partial charge in [0.25, 0.3) is 0 Å². The normalized spacial score (nSPS) is 11.3. The van der Waals surface area contributed by atoms with Gasteiger partial charge in [0.1, 0.15) is 0 Å². The molecule has 1 heteroatoms. The van der Waals surface area contributed by atoms with Gasteiger partial charge in [0.05, 0.1) is 0 Å². The molecule has 123 valence electrons. The van der Waals surface area contributed by atoms with Crippen molar-refractivity contribution >= 4 is 6.29 Å². The molecule has 0 aromatic heterocycles. The van der Waals surface area contributed by atoms with Crippen LogP contribution in [0.25, 0.3) is 0 Å². The van der Waals surface area contributed by atoms with E-state index in [9.17, 15) is 4.79 Å². The summed E-state index contributed by atoms with van der Waals surface area (Å²) in [5, 5.41) is 0. The van der Waals surface area contributed by atoms with Crippen LogP contribution in [-0.4, -0.2) is 6.29 Å². The van der Waals surface area contributed by atoms with E-state index < -0.39 is 0 Å². The zero-order valence-electron chi connectivity index (χ0n) is 14.4. The molecule has 0 saturated carbocycles. The monoisotopic (exact) mass is 293 g/mol. The highest BCUT2D eigenvalue weighted by Gasteiger charge is 1.91. The van der Waals surface area contributed by atoms with Crippen molar-refractivity contribution in [3.8, 4) is 0 Å². The Hall–Kier alpha value is -0.590. The lowest BCUT2D eigenvalue weighted by atomic mass is 10.1. The van der Waals surface area contributed by atoms with Crippen molar-refractivity contribution in [2.75, 3.05) is 0 Å². The third-order valence-electron chi connectivity index (χ3n) is 4.04. The van der Waals surface area contributed by atoms with Crippen LogP contribution in [0.4, 0.5) is 0 Å². The van der Waals surface area contributed by atoms with Gasteiger partial charge in [-0.2, -0.15) is 0 Å². The number of hydrogen-bond donors (Lipinski definition) is 0. The van der Waals surface area contributed by atoms with Crippen molar-refractivity contribution in [1.82, 2.24) is 0 Å². The van der Waals surface area contributed by atoms with E-state index in [1.807, 2.05) is 6.29 Å². The topological polar surface area (TPSA) is 17.1 Å². The molecule has 0 rings (SSSR count). The Labute approximate surface area is 133 Å². The highest BCUT2D eigenvalue weighted by atomic mass is 16.1. The Bertz CT molecular complexity index is 220. The lowest BCUT2D eigenvalue weighted by Gasteiger charge is -2.00. The maximum atomic E-state index is 10.0. The average Bonchev–Trinajstić information content (AvgIpc) is 2.50. The summed E-state index contributed by atoms with van der Waals surface area (Å²) in [4.78, 5) is 10.0. The molecule has 0 heterocycles. The minimum atomic E-state index is 0.624. The van der Waals surface area contributed by atoms with Crippen LogP contribution in [0.2, 0.25) is 0 Å². The second-order valence-corrected chi connectivity index (χ2v) is 6.19. The van der Waals surface area contributed by atoms with Crippen molar-refractivity contribution < 1.29 is 4.79 Å². The van der Waals surface area contributed by atoms with Crippen LogP contribution in [0, 0.1) is 0 Å². The quantitative estimate of drug-likeness (QED) is 0.210. The molecule has 0 atom stereocenters. The number of carbonyl (C=O) groups excluding carboxylic acids is 1. The second kappa shape index (κ2) is 19.4. The standard InChI is InChI=1S/C20H37O/c1-2-3-4-5-6-7-8-9-10-11-12-13-14-15-16-17-18-19-20-21/h11-12H,2-10,13-19H2,1H3/b12-11+. The van der Waals surface area contributed by atoms with Gasteiger partial charge in [-0.3, -0.25) is 4.79 Å². The summed E-state index contributed by atoms with van der Waals surface area (Å²) in [6.07, 6.45) is 27.2. The minimum absolute atomic E-state index is 0.624. The van der Waals surface area contributed by atoms with E-state index in [0.29, 0.717) is 6.42 Å². The molecular formula is C20H37O. The predicted octanol–water partition coefficient (Wildman–Crippen LogP) is 6.91. The van der Waals surface area contributed by atoms with Crippen LogP contribution in [0.15, 0.2) is 12.2 Å². The summed E-state index contributed by atoms with van der Waals surface area (Å²) in [5.74, 6) is 0. The third-order valence-corrected chi connectivity index (χ3v) is 4.04. The first kappa shape index (κ1) is 20.4. The number of allylic oxidation sites excluding steroid dienone is 2. The molecule has 0 bridgehead atoms. The first-order valence-corrected chi connectivity index (χ1v) is 9.41. The molecule has 0 spiro atoms. The van der Waals surface area contributed by atoms with Crippen LogP contribution >= 0.6 is 0 Å². The fourth-order valence-electron chi connectivity index (χ4n) is 2.62. The van der Waals surface area contributed by atoms with E-state index >= 15 is 0 Å². The van der Waals surface area contributed by atoms with Gasteiger partial charge >= 0.3 is 0 Å². The molecule has 0 aliphatic carbocycles. The van der Waals surface area contributed by atoms with Crippen molar-refractivity contribution in [3.63, 3.8) is 0 Å². The SMILES string of the molecule is CCCCCCCCCC/C=C/CCCCCCC[C]=O. The molecule has 0 N–H and O–H groups in total. The van der Waals surface area contributed by atoms with Crippen LogP contribution < -0.4 is 0 Å². The Morgan fingerprint density at radius 2 is 1.05 bits per heavy atom. The zero-order chi connectivity index (χ0) is 15.4. The molecule has 0 aromatic rings. The van der Waals surface area contributed by atoms with Crippen LogP contribution in [0.5, 0.6) is 0 Å². The summed E-state index contributed by atoms with van der Waals surface area (Å²) in [6.45, 7) is 2.28. The summed E-state index contributed by atoms with van der Waals surface area (Å²) in [6, 6.07) is 0. The van der Waals surface area contributed by atoms with Gasteiger partial charge in [0.15, 0.2) is 6.29 Å².